The molecule has 1 aromatic rings. The summed E-state index contributed by atoms with van der Waals surface area (Å²) in [5.74, 6) is 0.507. The van der Waals surface area contributed by atoms with Crippen LogP contribution >= 0.6 is 0 Å². The Bertz CT molecular complexity index is 339. The van der Waals surface area contributed by atoms with Crippen LogP contribution in [0.15, 0.2) is 0 Å². The van der Waals surface area contributed by atoms with Crippen molar-refractivity contribution in [3.8, 4) is 0 Å². The van der Waals surface area contributed by atoms with Crippen LogP contribution in [0.4, 0.5) is 0 Å². The Labute approximate surface area is 83.3 Å². The highest BCUT2D eigenvalue weighted by atomic mass is 16.1. The molecule has 76 valence electrons. The number of nitrogens with zero attached hydrogens (tertiary/aromatic N) is 3. The highest BCUT2D eigenvalue weighted by Gasteiger charge is 2.28. The van der Waals surface area contributed by atoms with Gasteiger partial charge in [0.15, 0.2) is 6.29 Å². The van der Waals surface area contributed by atoms with E-state index in [9.17, 15) is 4.79 Å². The van der Waals surface area contributed by atoms with E-state index in [1.165, 1.54) is 19.3 Å². The first kappa shape index (κ1) is 9.37. The van der Waals surface area contributed by atoms with E-state index in [0.717, 1.165) is 12.0 Å². The van der Waals surface area contributed by atoms with E-state index < -0.39 is 0 Å². The quantitative estimate of drug-likeness (QED) is 0.689. The summed E-state index contributed by atoms with van der Waals surface area (Å²) in [4.78, 5) is 10.8. The van der Waals surface area contributed by atoms with Gasteiger partial charge in [0.05, 0.1) is 5.69 Å². The molecule has 1 fully saturated rings. The Kier molecular flexibility index (Phi) is 2.35. The normalized spacial score (nSPS) is 17.1. The zero-order chi connectivity index (χ0) is 10.1. The zero-order valence-corrected chi connectivity index (χ0v) is 8.60. The van der Waals surface area contributed by atoms with Gasteiger partial charge in [0, 0.05) is 12.0 Å². The van der Waals surface area contributed by atoms with Crippen LogP contribution in [0, 0.1) is 0 Å². The molecule has 4 nitrogen and oxygen atoms in total. The van der Waals surface area contributed by atoms with Crippen LogP contribution in [0.1, 0.15) is 61.3 Å². The van der Waals surface area contributed by atoms with Crippen LogP contribution in [0.3, 0.4) is 0 Å². The summed E-state index contributed by atoms with van der Waals surface area (Å²) < 4.78 is 1.88. The van der Waals surface area contributed by atoms with Crippen LogP contribution in [-0.2, 0) is 0 Å². The van der Waals surface area contributed by atoms with Crippen molar-refractivity contribution < 1.29 is 4.79 Å². The standard InChI is InChI=1S/C10H15N3O/c1-7(2)13-10(8-4-3-5-8)9(6-14)11-12-13/h6-8H,3-5H2,1-2H3. The van der Waals surface area contributed by atoms with Gasteiger partial charge in [0.2, 0.25) is 0 Å². The molecule has 0 amide bonds. The van der Waals surface area contributed by atoms with Crippen LogP contribution in [0.25, 0.3) is 0 Å². The lowest BCUT2D eigenvalue weighted by atomic mass is 9.82. The van der Waals surface area contributed by atoms with Gasteiger partial charge in [0.1, 0.15) is 5.69 Å². The van der Waals surface area contributed by atoms with E-state index in [2.05, 4.69) is 24.2 Å². The van der Waals surface area contributed by atoms with Crippen molar-refractivity contribution in [2.45, 2.75) is 45.1 Å². The third-order valence-electron chi connectivity index (χ3n) is 2.85. The molecule has 2 rings (SSSR count). The molecule has 0 N–H and O–H groups in total. The van der Waals surface area contributed by atoms with Gasteiger partial charge in [-0.05, 0) is 26.7 Å². The molecule has 1 aliphatic rings. The first-order valence-electron chi connectivity index (χ1n) is 5.14. The molecule has 0 saturated heterocycles. The largest absolute Gasteiger partial charge is 0.296 e. The molecule has 0 aliphatic heterocycles. The summed E-state index contributed by atoms with van der Waals surface area (Å²) in [6.07, 6.45) is 4.41. The highest BCUT2D eigenvalue weighted by molar-refractivity contribution is 5.73. The van der Waals surface area contributed by atoms with Crippen LogP contribution in [0.2, 0.25) is 0 Å². The fourth-order valence-electron chi connectivity index (χ4n) is 1.86. The third-order valence-corrected chi connectivity index (χ3v) is 2.85. The van der Waals surface area contributed by atoms with E-state index in [1.807, 2.05) is 4.68 Å². The zero-order valence-electron chi connectivity index (χ0n) is 8.60. The molecule has 1 heterocycles. The molecule has 1 aliphatic carbocycles. The summed E-state index contributed by atoms with van der Waals surface area (Å²) in [7, 11) is 0. The summed E-state index contributed by atoms with van der Waals surface area (Å²) in [6, 6.07) is 0.284. The lowest BCUT2D eigenvalue weighted by Crippen LogP contribution is -2.17. The van der Waals surface area contributed by atoms with E-state index in [0.29, 0.717) is 11.6 Å². The van der Waals surface area contributed by atoms with Gasteiger partial charge in [-0.25, -0.2) is 4.68 Å². The van der Waals surface area contributed by atoms with E-state index in [-0.39, 0.29) is 6.04 Å². The smallest absolute Gasteiger partial charge is 0.172 e. The minimum absolute atomic E-state index is 0.284. The molecule has 0 radical (unpaired) electrons. The molecule has 0 bridgehead atoms. The van der Waals surface area contributed by atoms with E-state index >= 15 is 0 Å². The first-order valence-corrected chi connectivity index (χ1v) is 5.14. The monoisotopic (exact) mass is 193 g/mol. The van der Waals surface area contributed by atoms with Crippen molar-refractivity contribution >= 4 is 6.29 Å². The van der Waals surface area contributed by atoms with Gasteiger partial charge in [-0.15, -0.1) is 5.10 Å². The Balaban J connectivity index is 2.39. The molecule has 1 saturated carbocycles. The van der Waals surface area contributed by atoms with Crippen molar-refractivity contribution in [1.82, 2.24) is 15.0 Å². The van der Waals surface area contributed by atoms with Crippen molar-refractivity contribution in [2.75, 3.05) is 0 Å². The van der Waals surface area contributed by atoms with Gasteiger partial charge in [-0.1, -0.05) is 11.6 Å². The summed E-state index contributed by atoms with van der Waals surface area (Å²) in [6.45, 7) is 4.12. The third kappa shape index (κ3) is 1.35. The minimum Gasteiger partial charge on any atom is -0.296 e. The molecule has 0 atom stereocenters. The Morgan fingerprint density at radius 1 is 1.50 bits per heavy atom. The van der Waals surface area contributed by atoms with Crippen LogP contribution in [-0.4, -0.2) is 21.3 Å². The number of aromatic nitrogens is 3. The average molecular weight is 193 g/mol. The lowest BCUT2D eigenvalue weighted by molar-refractivity contribution is 0.111. The Morgan fingerprint density at radius 3 is 2.64 bits per heavy atom. The maximum Gasteiger partial charge on any atom is 0.172 e. The van der Waals surface area contributed by atoms with Gasteiger partial charge in [-0.2, -0.15) is 0 Å². The van der Waals surface area contributed by atoms with Gasteiger partial charge >= 0.3 is 0 Å². The number of rotatable bonds is 3. The molecular formula is C10H15N3O. The number of hydrogen-bond donors (Lipinski definition) is 0. The maximum atomic E-state index is 10.8. The second kappa shape index (κ2) is 3.52. The molecule has 1 aromatic heterocycles. The van der Waals surface area contributed by atoms with Crippen molar-refractivity contribution in [2.24, 2.45) is 0 Å². The highest BCUT2D eigenvalue weighted by Crippen LogP contribution is 2.37. The molecule has 4 heteroatoms. The predicted molar refractivity (Wildman–Crippen MR) is 52.4 cm³/mol. The topological polar surface area (TPSA) is 47.8 Å². The van der Waals surface area contributed by atoms with Crippen molar-refractivity contribution in [3.63, 3.8) is 0 Å². The Morgan fingerprint density at radius 2 is 2.21 bits per heavy atom. The molecule has 0 spiro atoms. The summed E-state index contributed by atoms with van der Waals surface area (Å²) in [5, 5.41) is 7.93. The predicted octanol–water partition coefficient (Wildman–Crippen LogP) is 1.94. The second-order valence-corrected chi connectivity index (χ2v) is 4.14. The average Bonchev–Trinajstić information content (AvgIpc) is 2.45. The molecule has 0 unspecified atom stereocenters. The van der Waals surface area contributed by atoms with Gasteiger partial charge in [-0.3, -0.25) is 4.79 Å². The second-order valence-electron chi connectivity index (χ2n) is 4.14. The summed E-state index contributed by atoms with van der Waals surface area (Å²) in [5.41, 5.74) is 1.57. The van der Waals surface area contributed by atoms with Gasteiger partial charge < -0.3 is 0 Å². The number of aldehydes is 1. The maximum absolute atomic E-state index is 10.8. The number of carbonyl (C=O) groups is 1. The fraction of sp³-hybridized carbons (Fsp3) is 0.700. The van der Waals surface area contributed by atoms with Crippen LogP contribution < -0.4 is 0 Å². The number of carbonyl (C=O) groups excluding carboxylic acids is 1. The first-order chi connectivity index (χ1) is 6.74. The van der Waals surface area contributed by atoms with E-state index in [4.69, 9.17) is 0 Å². The number of hydrogen-bond acceptors (Lipinski definition) is 3. The van der Waals surface area contributed by atoms with Gasteiger partial charge in [0.25, 0.3) is 0 Å². The molecule has 14 heavy (non-hydrogen) atoms. The minimum atomic E-state index is 0.284. The molecular weight excluding hydrogens is 178 g/mol. The van der Waals surface area contributed by atoms with Crippen LogP contribution in [0.5, 0.6) is 0 Å². The van der Waals surface area contributed by atoms with Crippen molar-refractivity contribution in [3.05, 3.63) is 11.4 Å². The summed E-state index contributed by atoms with van der Waals surface area (Å²) >= 11 is 0. The lowest BCUT2D eigenvalue weighted by Gasteiger charge is -2.26. The SMILES string of the molecule is CC(C)n1nnc(C=O)c1C1CCC1. The van der Waals surface area contributed by atoms with Crippen molar-refractivity contribution in [1.29, 1.82) is 0 Å². The van der Waals surface area contributed by atoms with E-state index in [1.54, 1.807) is 0 Å². The fourth-order valence-corrected chi connectivity index (χ4v) is 1.86. The molecule has 0 aromatic carbocycles. The Hall–Kier alpha value is -1.19.